The Balaban J connectivity index is 4.09. The third-order valence-corrected chi connectivity index (χ3v) is 15.1. The molecule has 0 aromatic rings. The van der Waals surface area contributed by atoms with E-state index in [-0.39, 0.29) is 31.1 Å². The molecular formula is C75H130O6. The smallest absolute Gasteiger partial charge is 0.306 e. The molecule has 0 saturated heterocycles. The zero-order valence-electron chi connectivity index (χ0n) is 53.5. The fraction of sp³-hybridized carbons (Fsp3) is 0.747. The molecule has 466 valence electrons. The molecular weight excluding hydrogens is 997 g/mol. The van der Waals surface area contributed by atoms with Crippen LogP contribution in [0.5, 0.6) is 0 Å². The third-order valence-electron chi connectivity index (χ3n) is 15.1. The van der Waals surface area contributed by atoms with E-state index < -0.39 is 6.10 Å². The van der Waals surface area contributed by atoms with Gasteiger partial charge in [0.1, 0.15) is 13.2 Å². The van der Waals surface area contributed by atoms with E-state index in [0.717, 1.165) is 116 Å². The van der Waals surface area contributed by atoms with Crippen molar-refractivity contribution < 1.29 is 28.6 Å². The Morgan fingerprint density at radius 1 is 0.259 bits per heavy atom. The molecule has 0 aromatic heterocycles. The number of carbonyl (C=O) groups is 3. The molecule has 0 aliphatic rings. The van der Waals surface area contributed by atoms with E-state index in [9.17, 15) is 14.4 Å². The number of rotatable bonds is 63. The maximum atomic E-state index is 12.9. The largest absolute Gasteiger partial charge is 0.462 e. The van der Waals surface area contributed by atoms with Crippen LogP contribution in [0.4, 0.5) is 0 Å². The highest BCUT2D eigenvalue weighted by Crippen LogP contribution is 2.17. The summed E-state index contributed by atoms with van der Waals surface area (Å²) in [6.07, 6.45) is 93.2. The highest BCUT2D eigenvalue weighted by molar-refractivity contribution is 5.71. The first-order chi connectivity index (χ1) is 40.0. The predicted octanol–water partition coefficient (Wildman–Crippen LogP) is 24.0. The van der Waals surface area contributed by atoms with Gasteiger partial charge in [-0.15, -0.1) is 0 Å². The number of esters is 3. The van der Waals surface area contributed by atoms with Crippen LogP contribution in [0.1, 0.15) is 342 Å². The summed E-state index contributed by atoms with van der Waals surface area (Å²) < 4.78 is 16.9. The maximum absolute atomic E-state index is 12.9. The Morgan fingerprint density at radius 2 is 0.481 bits per heavy atom. The molecule has 0 aliphatic heterocycles. The maximum Gasteiger partial charge on any atom is 0.306 e. The lowest BCUT2D eigenvalue weighted by Gasteiger charge is -2.18. The minimum absolute atomic E-state index is 0.0805. The van der Waals surface area contributed by atoms with Crippen LogP contribution in [-0.4, -0.2) is 37.2 Å². The normalized spacial score (nSPS) is 12.7. The van der Waals surface area contributed by atoms with E-state index in [1.54, 1.807) is 0 Å². The summed E-state index contributed by atoms with van der Waals surface area (Å²) in [4.78, 5) is 38.2. The third kappa shape index (κ3) is 67.0. The second-order valence-corrected chi connectivity index (χ2v) is 23.1. The lowest BCUT2D eigenvalue weighted by molar-refractivity contribution is -0.167. The predicted molar refractivity (Wildman–Crippen MR) is 353 cm³/mol. The first kappa shape index (κ1) is 77.3. The molecule has 6 heteroatoms. The van der Waals surface area contributed by atoms with Crippen molar-refractivity contribution in [2.75, 3.05) is 13.2 Å². The van der Waals surface area contributed by atoms with Crippen molar-refractivity contribution in [2.24, 2.45) is 0 Å². The van der Waals surface area contributed by atoms with E-state index in [2.05, 4.69) is 118 Å². The number of allylic oxidation sites excluding steroid dienone is 16. The summed E-state index contributed by atoms with van der Waals surface area (Å²) in [5, 5.41) is 0. The fourth-order valence-corrected chi connectivity index (χ4v) is 9.89. The lowest BCUT2D eigenvalue weighted by Crippen LogP contribution is -2.30. The van der Waals surface area contributed by atoms with Crippen LogP contribution in [0.2, 0.25) is 0 Å². The molecule has 1 atom stereocenters. The second-order valence-electron chi connectivity index (χ2n) is 23.1. The summed E-state index contributed by atoms with van der Waals surface area (Å²) in [5.41, 5.74) is 0. The fourth-order valence-electron chi connectivity index (χ4n) is 9.89. The minimum atomic E-state index is -0.783. The molecule has 0 radical (unpaired) electrons. The Bertz CT molecular complexity index is 1580. The summed E-state index contributed by atoms with van der Waals surface area (Å²) in [7, 11) is 0. The van der Waals surface area contributed by atoms with E-state index in [4.69, 9.17) is 14.2 Å². The van der Waals surface area contributed by atoms with Crippen LogP contribution in [-0.2, 0) is 28.6 Å². The van der Waals surface area contributed by atoms with E-state index >= 15 is 0 Å². The van der Waals surface area contributed by atoms with Gasteiger partial charge in [-0.3, -0.25) is 14.4 Å². The SMILES string of the molecule is CC/C=C\C/C=C\C/C=C\C/C=C\C/C=C\C/C=C\CCCCCCCCC(=O)OC(COC(=O)CCCCCCCCC)COC(=O)CCCCCCCCCCCCCCCCCCCCC/C=C\C/C=C\CCCCCCC. The molecule has 81 heavy (non-hydrogen) atoms. The first-order valence-electron chi connectivity index (χ1n) is 34.7. The van der Waals surface area contributed by atoms with Gasteiger partial charge in [0.15, 0.2) is 6.10 Å². The van der Waals surface area contributed by atoms with E-state index in [1.807, 2.05) is 0 Å². The molecule has 0 aromatic carbocycles. The molecule has 0 fully saturated rings. The first-order valence-corrected chi connectivity index (χ1v) is 34.7. The average Bonchev–Trinajstić information content (AvgIpc) is 3.46. The van der Waals surface area contributed by atoms with Gasteiger partial charge in [-0.25, -0.2) is 0 Å². The van der Waals surface area contributed by atoms with Gasteiger partial charge in [-0.05, 0) is 103 Å². The molecule has 0 amide bonds. The quantitative estimate of drug-likeness (QED) is 0.0261. The molecule has 0 bridgehead atoms. The molecule has 0 spiro atoms. The van der Waals surface area contributed by atoms with Crippen molar-refractivity contribution in [3.63, 3.8) is 0 Å². The molecule has 6 nitrogen and oxygen atoms in total. The van der Waals surface area contributed by atoms with Crippen LogP contribution in [0, 0.1) is 0 Å². The number of hydrogen-bond acceptors (Lipinski definition) is 6. The molecule has 0 aliphatic carbocycles. The standard InChI is InChI=1S/C75H130O6/c1-4-7-10-13-16-18-20-22-24-26-28-30-32-34-35-36-37-38-39-41-42-44-46-48-50-52-54-56-59-62-65-68-74(77)80-71-72(70-79-73(76)67-64-61-58-15-12-9-6-3)81-75(78)69-66-63-60-57-55-53-51-49-47-45-43-40-33-31-29-27-25-23-21-19-17-14-11-8-5-2/h8,11,17,19-20,22-23,25-26,28-29,31,40,43,47,49,72H,4-7,9-10,12-16,18,21,24,27,30,32-39,41-42,44-46,48,50-71H2,1-3H3/b11-8-,19-17-,22-20-,25-23-,28-26-,31-29-,43-40-,49-47-. The topological polar surface area (TPSA) is 78.9 Å². The lowest BCUT2D eigenvalue weighted by atomic mass is 10.0. The Labute approximate surface area is 502 Å². The summed E-state index contributed by atoms with van der Waals surface area (Å²) in [5.74, 6) is -0.889. The second kappa shape index (κ2) is 68.8. The van der Waals surface area contributed by atoms with Gasteiger partial charge >= 0.3 is 17.9 Å². The number of hydrogen-bond donors (Lipinski definition) is 0. The molecule has 1 unspecified atom stereocenters. The van der Waals surface area contributed by atoms with Gasteiger partial charge < -0.3 is 14.2 Å². The zero-order chi connectivity index (χ0) is 58.5. The van der Waals surface area contributed by atoms with Crippen LogP contribution in [0.15, 0.2) is 97.2 Å². The van der Waals surface area contributed by atoms with Crippen LogP contribution in [0.25, 0.3) is 0 Å². The molecule has 0 rings (SSSR count). The van der Waals surface area contributed by atoms with Crippen molar-refractivity contribution >= 4 is 17.9 Å². The van der Waals surface area contributed by atoms with Crippen molar-refractivity contribution in [3.05, 3.63) is 97.2 Å². The highest BCUT2D eigenvalue weighted by atomic mass is 16.6. The Kier molecular flexibility index (Phi) is 65.7. The van der Waals surface area contributed by atoms with Crippen molar-refractivity contribution in [2.45, 2.75) is 348 Å². The van der Waals surface area contributed by atoms with E-state index in [0.29, 0.717) is 19.3 Å². The number of unbranched alkanes of at least 4 members (excludes halogenated alkanes) is 36. The number of ether oxygens (including phenoxy) is 3. The van der Waals surface area contributed by atoms with Gasteiger partial charge in [0.2, 0.25) is 0 Å². The van der Waals surface area contributed by atoms with Gasteiger partial charge in [0.25, 0.3) is 0 Å². The molecule has 0 saturated carbocycles. The minimum Gasteiger partial charge on any atom is -0.462 e. The monoisotopic (exact) mass is 1130 g/mol. The van der Waals surface area contributed by atoms with Gasteiger partial charge in [0.05, 0.1) is 0 Å². The van der Waals surface area contributed by atoms with Gasteiger partial charge in [-0.2, -0.15) is 0 Å². The van der Waals surface area contributed by atoms with Crippen molar-refractivity contribution in [1.82, 2.24) is 0 Å². The van der Waals surface area contributed by atoms with Crippen LogP contribution in [0.3, 0.4) is 0 Å². The summed E-state index contributed by atoms with van der Waals surface area (Å²) >= 11 is 0. The van der Waals surface area contributed by atoms with Gasteiger partial charge in [0, 0.05) is 19.3 Å². The van der Waals surface area contributed by atoms with Crippen LogP contribution < -0.4 is 0 Å². The highest BCUT2D eigenvalue weighted by Gasteiger charge is 2.19. The number of carbonyl (C=O) groups excluding carboxylic acids is 3. The van der Waals surface area contributed by atoms with E-state index in [1.165, 1.54) is 186 Å². The summed E-state index contributed by atoms with van der Waals surface area (Å²) in [6.45, 7) is 6.49. The van der Waals surface area contributed by atoms with Gasteiger partial charge in [-0.1, -0.05) is 317 Å². The average molecular weight is 1130 g/mol. The molecule has 0 heterocycles. The molecule has 0 N–H and O–H groups in total. The zero-order valence-corrected chi connectivity index (χ0v) is 53.5. The van der Waals surface area contributed by atoms with Crippen molar-refractivity contribution in [1.29, 1.82) is 0 Å². The Morgan fingerprint density at radius 3 is 0.753 bits per heavy atom. The van der Waals surface area contributed by atoms with Crippen molar-refractivity contribution in [3.8, 4) is 0 Å². The summed E-state index contributed by atoms with van der Waals surface area (Å²) in [6, 6.07) is 0. The van der Waals surface area contributed by atoms with Crippen LogP contribution >= 0.6 is 0 Å². The Hall–Kier alpha value is -3.67.